The number of hydrogen-bond donors (Lipinski definition) is 2. The molecule has 69 heavy (non-hydrogen) atoms. The first-order valence-corrected chi connectivity index (χ1v) is 28.7. The van der Waals surface area contributed by atoms with E-state index in [0.717, 1.165) is 17.6 Å². The summed E-state index contributed by atoms with van der Waals surface area (Å²) in [6.45, 7) is 27.5. The second-order valence-electron chi connectivity index (χ2n) is 22.8. The van der Waals surface area contributed by atoms with Crippen molar-refractivity contribution in [2.45, 2.75) is 230 Å². The molecule has 0 saturated carbocycles. The van der Waals surface area contributed by atoms with E-state index in [1.165, 1.54) is 0 Å². The number of fused-ring (bicyclic) bond motifs is 2. The average molecular weight is 987 g/mol. The third kappa shape index (κ3) is 11.5. The smallest absolute Gasteiger partial charge is 0.316 e. The normalized spacial score (nSPS) is 45.9. The maximum atomic E-state index is 14.8. The van der Waals surface area contributed by atoms with E-state index in [1.807, 2.05) is 45.1 Å². The first-order chi connectivity index (χ1) is 32.4. The van der Waals surface area contributed by atoms with Crippen molar-refractivity contribution in [2.24, 2.45) is 23.7 Å². The fourth-order valence-corrected chi connectivity index (χ4v) is 12.5. The van der Waals surface area contributed by atoms with Crippen molar-refractivity contribution >= 4 is 14.3 Å². The van der Waals surface area contributed by atoms with Crippen molar-refractivity contribution in [1.29, 1.82) is 0 Å². The SMILES string of the molecule is CC[C@@H](C)[C@H]1O[C@]2(C=C[C@@H]1C)C[C@@H]1C[C@@H](C/C=C(\C)[C@@H](O[C@H]3C[C@H](OC)[C@@H](O[C@H]4C[C@H](OC)[C@@H](O)[C@H](C)O4)[C@H](C)O3)[C@@H](C)/C=C/C=C3\CO[C@@H]4[C@H](O[Si](C)(C)C(C)(C)C)C(C)=C[C@@H](C(=O)O1)[C@]34O)O2. The van der Waals surface area contributed by atoms with Gasteiger partial charge in [-0.05, 0) is 81.0 Å². The molecule has 14 nitrogen and oxygen atoms in total. The van der Waals surface area contributed by atoms with Crippen LogP contribution < -0.4 is 0 Å². The minimum atomic E-state index is -2.37. The molecule has 1 aliphatic carbocycles. The third-order valence-electron chi connectivity index (χ3n) is 16.7. The van der Waals surface area contributed by atoms with Gasteiger partial charge >= 0.3 is 5.97 Å². The Balaban J connectivity index is 1.22. The fraction of sp³-hybridized carbons (Fsp3) is 0.796. The lowest BCUT2D eigenvalue weighted by atomic mass is 9.71. The second kappa shape index (κ2) is 21.8. The van der Waals surface area contributed by atoms with Gasteiger partial charge in [-0.1, -0.05) is 91.3 Å². The van der Waals surface area contributed by atoms with E-state index in [4.69, 9.17) is 51.8 Å². The van der Waals surface area contributed by atoms with Crippen molar-refractivity contribution in [3.05, 3.63) is 59.3 Å². The molecule has 0 amide bonds. The van der Waals surface area contributed by atoms with Crippen LogP contribution in [0.15, 0.2) is 59.3 Å². The summed E-state index contributed by atoms with van der Waals surface area (Å²) < 4.78 is 71.9. The van der Waals surface area contributed by atoms with Crippen LogP contribution in [0.3, 0.4) is 0 Å². The van der Waals surface area contributed by atoms with Crippen molar-refractivity contribution in [3.63, 3.8) is 0 Å². The summed E-state index contributed by atoms with van der Waals surface area (Å²) in [7, 11) is 0.871. The topological polar surface area (TPSA) is 159 Å². The summed E-state index contributed by atoms with van der Waals surface area (Å²) in [5.41, 5.74) is 0.652. The van der Waals surface area contributed by atoms with Crippen LogP contribution in [0.4, 0.5) is 0 Å². The van der Waals surface area contributed by atoms with Gasteiger partial charge in [0.15, 0.2) is 26.7 Å². The Kier molecular flexibility index (Phi) is 17.3. The standard InChI is InChI=1S/C54H86O14Si/c1-16-30(2)47-33(5)22-23-53(67-47)28-39-25-38(66-53)21-20-32(4)46(64-44-27-42(59-13)49(36(8)62-44)65-43-26-41(58-12)45(55)35(7)61-43)31(3)18-17-19-37-29-60-50-48(68-69(14,15)52(9,10)11)34(6)24-40(51(56)63-39)54(37,50)57/h17-20,22-24,30-31,33,35-36,38-50,55,57H,16,21,25-29H2,1-15H3/b18-17+,32-20+,37-19+/t30-,31+,33+,35+,36+,38-,39+,40+,41+,42+,43+,44+,45+,46+,47-,48-,49+,50-,53-,54-/m1/s1. The Morgan fingerprint density at radius 3 is 2.25 bits per heavy atom. The van der Waals surface area contributed by atoms with Crippen molar-refractivity contribution in [1.82, 2.24) is 0 Å². The summed E-state index contributed by atoms with van der Waals surface area (Å²) in [5, 5.41) is 23.7. The second-order valence-corrected chi connectivity index (χ2v) is 27.6. The zero-order chi connectivity index (χ0) is 50.4. The third-order valence-corrected chi connectivity index (χ3v) is 21.2. The van der Waals surface area contributed by atoms with E-state index in [0.29, 0.717) is 37.7 Å². The molecule has 1 spiro atoms. The number of esters is 1. The van der Waals surface area contributed by atoms with Crippen LogP contribution in [0, 0.1) is 23.7 Å². The predicted octanol–water partition coefficient (Wildman–Crippen LogP) is 8.41. The Labute approximate surface area is 413 Å². The van der Waals surface area contributed by atoms with Gasteiger partial charge in [0.25, 0.3) is 0 Å². The molecule has 6 aliphatic heterocycles. The molecule has 0 radical (unpaired) electrons. The van der Waals surface area contributed by atoms with E-state index in [9.17, 15) is 15.0 Å². The van der Waals surface area contributed by atoms with E-state index in [1.54, 1.807) is 14.2 Å². The van der Waals surface area contributed by atoms with Crippen LogP contribution in [0.1, 0.15) is 115 Å². The van der Waals surface area contributed by atoms with Crippen LogP contribution in [0.25, 0.3) is 0 Å². The van der Waals surface area contributed by atoms with Crippen molar-refractivity contribution in [3.8, 4) is 0 Å². The summed E-state index contributed by atoms with van der Waals surface area (Å²) in [6, 6.07) is 0. The number of hydrogen-bond acceptors (Lipinski definition) is 14. The largest absolute Gasteiger partial charge is 0.462 e. The first kappa shape index (κ1) is 54.7. The number of allylic oxidation sites excluding steroid dienone is 2. The molecule has 4 fully saturated rings. The molecular weight excluding hydrogens is 901 g/mol. The summed E-state index contributed by atoms with van der Waals surface area (Å²) in [6.07, 6.45) is 10.0. The molecule has 15 heteroatoms. The highest BCUT2D eigenvalue weighted by atomic mass is 28.4. The monoisotopic (exact) mass is 987 g/mol. The molecule has 0 aromatic heterocycles. The van der Waals surface area contributed by atoms with E-state index in [2.05, 4.69) is 86.7 Å². The summed E-state index contributed by atoms with van der Waals surface area (Å²) >= 11 is 0. The number of carbonyl (C=O) groups excluding carboxylic acids is 1. The quantitative estimate of drug-likeness (QED) is 0.122. The molecule has 7 rings (SSSR count). The van der Waals surface area contributed by atoms with Crippen molar-refractivity contribution in [2.75, 3.05) is 20.8 Å². The van der Waals surface area contributed by atoms with Crippen LogP contribution in [-0.2, 0) is 56.6 Å². The Morgan fingerprint density at radius 1 is 0.884 bits per heavy atom. The zero-order valence-corrected chi connectivity index (χ0v) is 45.2. The Morgan fingerprint density at radius 2 is 1.57 bits per heavy atom. The number of carbonyl (C=O) groups is 1. The highest BCUT2D eigenvalue weighted by molar-refractivity contribution is 6.74. The minimum absolute atomic E-state index is 0.0880. The molecule has 390 valence electrons. The molecule has 7 aliphatic rings. The van der Waals surface area contributed by atoms with Gasteiger partial charge in [0, 0.05) is 51.7 Å². The van der Waals surface area contributed by atoms with Crippen LogP contribution in [-0.4, -0.2) is 143 Å². The molecule has 2 bridgehead atoms. The lowest BCUT2D eigenvalue weighted by molar-refractivity contribution is -0.318. The first-order valence-electron chi connectivity index (χ1n) is 25.8. The average Bonchev–Trinajstić information content (AvgIpc) is 3.63. The van der Waals surface area contributed by atoms with Crippen LogP contribution in [0.2, 0.25) is 18.1 Å². The lowest BCUT2D eigenvalue weighted by Gasteiger charge is -2.49. The molecule has 20 atom stereocenters. The van der Waals surface area contributed by atoms with Crippen LogP contribution >= 0.6 is 0 Å². The molecule has 0 unspecified atom stereocenters. The number of methoxy groups -OCH3 is 2. The number of ether oxygens (including phenoxy) is 10. The van der Waals surface area contributed by atoms with Crippen molar-refractivity contribution < 1.29 is 66.8 Å². The van der Waals surface area contributed by atoms with Crippen LogP contribution in [0.5, 0.6) is 0 Å². The molecule has 4 saturated heterocycles. The van der Waals surface area contributed by atoms with Gasteiger partial charge in [-0.3, -0.25) is 4.79 Å². The summed E-state index contributed by atoms with van der Waals surface area (Å²) in [5.74, 6) is -2.40. The van der Waals surface area contributed by atoms with Gasteiger partial charge in [-0.15, -0.1) is 0 Å². The lowest BCUT2D eigenvalue weighted by Crippen LogP contribution is -2.60. The number of aliphatic hydroxyl groups excluding tert-OH is 1. The van der Waals surface area contributed by atoms with E-state index in [-0.39, 0.29) is 47.7 Å². The zero-order valence-electron chi connectivity index (χ0n) is 44.2. The van der Waals surface area contributed by atoms with Gasteiger partial charge in [0.2, 0.25) is 0 Å². The maximum absolute atomic E-state index is 14.8. The Hall–Kier alpha value is -2.09. The highest BCUT2D eigenvalue weighted by Gasteiger charge is 2.62. The fourth-order valence-electron chi connectivity index (χ4n) is 11.2. The molecular formula is C54H86O14Si. The van der Waals surface area contributed by atoms with Gasteiger partial charge in [-0.2, -0.15) is 0 Å². The molecule has 0 aromatic carbocycles. The van der Waals surface area contributed by atoms with Gasteiger partial charge in [0.05, 0.1) is 55.4 Å². The highest BCUT2D eigenvalue weighted by Crippen LogP contribution is 2.50. The molecule has 0 aromatic rings. The number of aliphatic hydroxyl groups is 2. The van der Waals surface area contributed by atoms with Gasteiger partial charge < -0.3 is 62.0 Å². The maximum Gasteiger partial charge on any atom is 0.316 e. The van der Waals surface area contributed by atoms with Gasteiger partial charge in [0.1, 0.15) is 35.9 Å². The predicted molar refractivity (Wildman–Crippen MR) is 263 cm³/mol. The molecule has 6 heterocycles. The van der Waals surface area contributed by atoms with E-state index >= 15 is 0 Å². The Bertz CT molecular complexity index is 1940. The minimum Gasteiger partial charge on any atom is -0.462 e. The van der Waals surface area contributed by atoms with Gasteiger partial charge in [-0.25, -0.2) is 0 Å². The summed E-state index contributed by atoms with van der Waals surface area (Å²) in [4.78, 5) is 14.8. The van der Waals surface area contributed by atoms with E-state index < -0.39 is 99.1 Å². The molecule has 2 N–H and O–H groups in total. The number of rotatable bonds is 10.